The van der Waals surface area contributed by atoms with Gasteiger partial charge in [-0.1, -0.05) is 12.2 Å². The Hall–Kier alpha value is -0.600. The van der Waals surface area contributed by atoms with Crippen LogP contribution in [0.1, 0.15) is 26.2 Å². The van der Waals surface area contributed by atoms with Crippen molar-refractivity contribution < 1.29 is 9.47 Å². The molecule has 0 N–H and O–H groups in total. The van der Waals surface area contributed by atoms with Crippen molar-refractivity contribution in [1.29, 1.82) is 0 Å². The summed E-state index contributed by atoms with van der Waals surface area (Å²) in [5, 5.41) is 0. The minimum Gasteiger partial charge on any atom is -0.353 e. The third-order valence-electron chi connectivity index (χ3n) is 2.36. The molecule has 1 aliphatic rings. The Bertz CT molecular complexity index is 177. The highest BCUT2D eigenvalue weighted by atomic mass is 16.7. The Balaban J connectivity index is 2.63. The molecule has 0 bridgehead atoms. The van der Waals surface area contributed by atoms with E-state index in [4.69, 9.17) is 9.47 Å². The van der Waals surface area contributed by atoms with E-state index in [0.717, 1.165) is 25.9 Å². The maximum Gasteiger partial charge on any atom is 0.155 e. The van der Waals surface area contributed by atoms with Gasteiger partial charge in [-0.3, -0.25) is 0 Å². The molecule has 0 aromatic rings. The minimum absolute atomic E-state index is 0.103. The van der Waals surface area contributed by atoms with Crippen molar-refractivity contribution in [3.63, 3.8) is 0 Å². The summed E-state index contributed by atoms with van der Waals surface area (Å²) in [4.78, 5) is 0. The molecule has 0 aliphatic carbocycles. The van der Waals surface area contributed by atoms with Crippen molar-refractivity contribution in [1.82, 2.24) is 0 Å². The molecule has 1 atom stereocenters. The topological polar surface area (TPSA) is 18.5 Å². The van der Waals surface area contributed by atoms with Crippen LogP contribution in [-0.2, 0) is 9.47 Å². The van der Waals surface area contributed by atoms with Crippen LogP contribution in [0.4, 0.5) is 0 Å². The van der Waals surface area contributed by atoms with Gasteiger partial charge >= 0.3 is 0 Å². The van der Waals surface area contributed by atoms with Gasteiger partial charge in [0.25, 0.3) is 0 Å². The molecule has 1 rings (SSSR count). The second-order valence-corrected chi connectivity index (χ2v) is 3.47. The Morgan fingerprint density at radius 1 is 1.38 bits per heavy atom. The molecule has 1 unspecified atom stereocenters. The summed E-state index contributed by atoms with van der Waals surface area (Å²) in [6, 6.07) is 0. The van der Waals surface area contributed by atoms with E-state index >= 15 is 0 Å². The van der Waals surface area contributed by atoms with E-state index in [-0.39, 0.29) is 11.9 Å². The molecule has 1 heterocycles. The lowest BCUT2D eigenvalue weighted by Gasteiger charge is -2.39. The molecule has 0 spiro atoms. The smallest absolute Gasteiger partial charge is 0.155 e. The van der Waals surface area contributed by atoms with Crippen molar-refractivity contribution in [3.8, 4) is 0 Å². The molecule has 13 heavy (non-hydrogen) atoms. The Morgan fingerprint density at radius 2 is 2.00 bits per heavy atom. The van der Waals surface area contributed by atoms with Crippen LogP contribution >= 0.6 is 0 Å². The van der Waals surface area contributed by atoms with E-state index in [1.165, 1.54) is 0 Å². The van der Waals surface area contributed by atoms with Gasteiger partial charge in [0.1, 0.15) is 0 Å². The zero-order valence-corrected chi connectivity index (χ0v) is 8.29. The predicted octanol–water partition coefficient (Wildman–Crippen LogP) is 2.66. The number of hydrogen-bond donors (Lipinski definition) is 0. The quantitative estimate of drug-likeness (QED) is 0.622. The lowest BCUT2D eigenvalue weighted by atomic mass is 9.91. The number of rotatable bonds is 4. The zero-order chi connectivity index (χ0) is 9.73. The van der Waals surface area contributed by atoms with Gasteiger partial charge in [0.05, 0.1) is 12.2 Å². The molecule has 0 aromatic carbocycles. The molecule has 1 saturated heterocycles. The molecule has 1 aliphatic heterocycles. The van der Waals surface area contributed by atoms with Crippen molar-refractivity contribution in [3.05, 3.63) is 25.3 Å². The average Bonchev–Trinajstić information content (AvgIpc) is 2.04. The lowest BCUT2D eigenvalue weighted by Crippen LogP contribution is -2.42. The van der Waals surface area contributed by atoms with Crippen molar-refractivity contribution in [2.24, 2.45) is 0 Å². The van der Waals surface area contributed by atoms with E-state index in [1.54, 1.807) is 0 Å². The largest absolute Gasteiger partial charge is 0.353 e. The lowest BCUT2D eigenvalue weighted by molar-refractivity contribution is -0.246. The van der Waals surface area contributed by atoms with Crippen molar-refractivity contribution in [2.75, 3.05) is 6.61 Å². The van der Waals surface area contributed by atoms with Gasteiger partial charge in [-0.05, 0) is 19.8 Å². The monoisotopic (exact) mass is 182 g/mol. The molecular weight excluding hydrogens is 164 g/mol. The van der Waals surface area contributed by atoms with Gasteiger partial charge < -0.3 is 9.47 Å². The van der Waals surface area contributed by atoms with Crippen LogP contribution in [-0.4, -0.2) is 18.5 Å². The normalized spacial score (nSPS) is 26.7. The molecule has 74 valence electrons. The fourth-order valence-corrected chi connectivity index (χ4v) is 1.77. The third-order valence-corrected chi connectivity index (χ3v) is 2.36. The molecule has 0 amide bonds. The van der Waals surface area contributed by atoms with Gasteiger partial charge in [-0.15, -0.1) is 13.2 Å². The van der Waals surface area contributed by atoms with Gasteiger partial charge in [0, 0.05) is 6.42 Å². The first-order chi connectivity index (χ1) is 6.22. The summed E-state index contributed by atoms with van der Waals surface area (Å²) in [6.07, 6.45) is 6.37. The molecule has 0 saturated carbocycles. The first-order valence-corrected chi connectivity index (χ1v) is 4.74. The van der Waals surface area contributed by atoms with Crippen LogP contribution in [0.25, 0.3) is 0 Å². The average molecular weight is 182 g/mol. The Labute approximate surface area is 80.2 Å². The van der Waals surface area contributed by atoms with Crippen LogP contribution in [0.5, 0.6) is 0 Å². The molecular formula is C11H18O2. The second kappa shape index (κ2) is 4.58. The molecule has 2 nitrogen and oxygen atoms in total. The van der Waals surface area contributed by atoms with Crippen LogP contribution in [0, 0.1) is 0 Å². The maximum atomic E-state index is 5.79. The van der Waals surface area contributed by atoms with Crippen LogP contribution in [0.3, 0.4) is 0 Å². The van der Waals surface area contributed by atoms with Crippen molar-refractivity contribution >= 4 is 0 Å². The van der Waals surface area contributed by atoms with E-state index < -0.39 is 0 Å². The summed E-state index contributed by atoms with van der Waals surface area (Å²) >= 11 is 0. The SMILES string of the molecule is C=CCC1(CC=C)CCOC(C)O1. The summed E-state index contributed by atoms with van der Waals surface area (Å²) in [7, 11) is 0. The Kier molecular flexibility index (Phi) is 3.70. The highest BCUT2D eigenvalue weighted by molar-refractivity contribution is 4.94. The van der Waals surface area contributed by atoms with E-state index in [9.17, 15) is 0 Å². The standard InChI is InChI=1S/C11H18O2/c1-4-6-11(7-5-2)8-9-12-10(3)13-11/h4-5,10H,1-2,6-9H2,3H3. The number of ether oxygens (including phenoxy) is 2. The maximum absolute atomic E-state index is 5.79. The fourth-order valence-electron chi connectivity index (χ4n) is 1.77. The first kappa shape index (κ1) is 10.5. The first-order valence-electron chi connectivity index (χ1n) is 4.74. The summed E-state index contributed by atoms with van der Waals surface area (Å²) < 4.78 is 11.1. The van der Waals surface area contributed by atoms with Crippen LogP contribution in [0.15, 0.2) is 25.3 Å². The number of hydrogen-bond acceptors (Lipinski definition) is 2. The minimum atomic E-state index is -0.110. The molecule has 0 aromatic heterocycles. The van der Waals surface area contributed by atoms with Crippen LogP contribution < -0.4 is 0 Å². The van der Waals surface area contributed by atoms with E-state index in [2.05, 4.69) is 13.2 Å². The van der Waals surface area contributed by atoms with Crippen LogP contribution in [0.2, 0.25) is 0 Å². The summed E-state index contributed by atoms with van der Waals surface area (Å²) in [6.45, 7) is 10.2. The van der Waals surface area contributed by atoms with Crippen molar-refractivity contribution in [2.45, 2.75) is 38.1 Å². The van der Waals surface area contributed by atoms with Gasteiger partial charge in [0.2, 0.25) is 0 Å². The second-order valence-electron chi connectivity index (χ2n) is 3.47. The molecule has 2 heteroatoms. The molecule has 0 radical (unpaired) electrons. The highest BCUT2D eigenvalue weighted by Crippen LogP contribution is 2.31. The Morgan fingerprint density at radius 3 is 2.46 bits per heavy atom. The summed E-state index contributed by atoms with van der Waals surface area (Å²) in [5.74, 6) is 0. The summed E-state index contributed by atoms with van der Waals surface area (Å²) in [5.41, 5.74) is -0.110. The predicted molar refractivity (Wildman–Crippen MR) is 53.5 cm³/mol. The zero-order valence-electron chi connectivity index (χ0n) is 8.29. The third kappa shape index (κ3) is 2.68. The van der Waals surface area contributed by atoms with E-state index in [0.29, 0.717) is 0 Å². The van der Waals surface area contributed by atoms with Gasteiger partial charge in [0.15, 0.2) is 6.29 Å². The van der Waals surface area contributed by atoms with Gasteiger partial charge in [-0.2, -0.15) is 0 Å². The molecule has 1 fully saturated rings. The van der Waals surface area contributed by atoms with E-state index in [1.807, 2.05) is 19.1 Å². The van der Waals surface area contributed by atoms with Gasteiger partial charge in [-0.25, -0.2) is 0 Å². The highest BCUT2D eigenvalue weighted by Gasteiger charge is 2.34. The fraction of sp³-hybridized carbons (Fsp3) is 0.636.